The highest BCUT2D eigenvalue weighted by atomic mass is 32.2. The molecule has 2 heterocycles. The van der Waals surface area contributed by atoms with Gasteiger partial charge in [-0.25, -0.2) is 0 Å². The summed E-state index contributed by atoms with van der Waals surface area (Å²) in [7, 11) is 0. The van der Waals surface area contributed by atoms with E-state index in [2.05, 4.69) is 33.8 Å². The standard InChI is InChI=1S/C13H18N4S2/c1-2-10-5-6-11(19-10)8-18-13-16-15-12(7-14)17(13)9-3-4-9/h5-6,9H,2-4,7-8,14H2,1H3. The molecule has 0 aliphatic heterocycles. The number of rotatable bonds is 6. The molecular weight excluding hydrogens is 276 g/mol. The lowest BCUT2D eigenvalue weighted by Gasteiger charge is -2.06. The fourth-order valence-corrected chi connectivity index (χ4v) is 4.10. The Balaban J connectivity index is 1.71. The van der Waals surface area contributed by atoms with Crippen molar-refractivity contribution in [1.29, 1.82) is 0 Å². The molecule has 0 atom stereocenters. The van der Waals surface area contributed by atoms with E-state index in [1.165, 1.54) is 22.6 Å². The van der Waals surface area contributed by atoms with Crippen molar-refractivity contribution in [3.63, 3.8) is 0 Å². The average molecular weight is 294 g/mol. The van der Waals surface area contributed by atoms with E-state index in [1.807, 2.05) is 11.3 Å². The maximum absolute atomic E-state index is 5.73. The minimum Gasteiger partial charge on any atom is -0.324 e. The summed E-state index contributed by atoms with van der Waals surface area (Å²) in [6.45, 7) is 2.67. The van der Waals surface area contributed by atoms with Crippen LogP contribution in [0.1, 0.15) is 41.4 Å². The van der Waals surface area contributed by atoms with E-state index in [4.69, 9.17) is 5.73 Å². The molecule has 1 aliphatic rings. The molecular formula is C13H18N4S2. The number of thiophene rings is 1. The van der Waals surface area contributed by atoms with Gasteiger partial charge in [-0.3, -0.25) is 0 Å². The first-order valence-corrected chi connectivity index (χ1v) is 8.46. The number of aryl methyl sites for hydroxylation is 1. The molecule has 2 aromatic heterocycles. The topological polar surface area (TPSA) is 56.7 Å². The first-order chi connectivity index (χ1) is 9.31. The molecule has 19 heavy (non-hydrogen) atoms. The molecule has 0 saturated heterocycles. The first kappa shape index (κ1) is 13.1. The monoisotopic (exact) mass is 294 g/mol. The van der Waals surface area contributed by atoms with Crippen LogP contribution in [-0.2, 0) is 18.7 Å². The molecule has 4 nitrogen and oxygen atoms in total. The number of hydrogen-bond acceptors (Lipinski definition) is 5. The van der Waals surface area contributed by atoms with Crippen LogP contribution >= 0.6 is 23.1 Å². The van der Waals surface area contributed by atoms with E-state index >= 15 is 0 Å². The largest absolute Gasteiger partial charge is 0.324 e. The van der Waals surface area contributed by atoms with Crippen LogP contribution in [0.5, 0.6) is 0 Å². The SMILES string of the molecule is CCc1ccc(CSc2nnc(CN)n2C2CC2)s1. The van der Waals surface area contributed by atoms with E-state index < -0.39 is 0 Å². The normalized spacial score (nSPS) is 15.1. The van der Waals surface area contributed by atoms with E-state index in [0.717, 1.165) is 23.2 Å². The average Bonchev–Trinajstić information content (AvgIpc) is 3.03. The Labute approximate surface area is 121 Å². The maximum Gasteiger partial charge on any atom is 0.191 e. The summed E-state index contributed by atoms with van der Waals surface area (Å²) in [6.07, 6.45) is 3.58. The van der Waals surface area contributed by atoms with Gasteiger partial charge in [-0.05, 0) is 31.4 Å². The molecule has 0 amide bonds. The zero-order valence-electron chi connectivity index (χ0n) is 11.0. The van der Waals surface area contributed by atoms with Gasteiger partial charge in [0.2, 0.25) is 0 Å². The summed E-state index contributed by atoms with van der Waals surface area (Å²) in [6, 6.07) is 5.03. The lowest BCUT2D eigenvalue weighted by molar-refractivity contribution is 0.626. The first-order valence-electron chi connectivity index (χ1n) is 6.66. The molecule has 0 radical (unpaired) electrons. The second-order valence-corrected chi connectivity index (χ2v) is 6.91. The Hall–Kier alpha value is -0.850. The zero-order valence-corrected chi connectivity index (χ0v) is 12.6. The van der Waals surface area contributed by atoms with Gasteiger partial charge in [0.25, 0.3) is 0 Å². The van der Waals surface area contributed by atoms with Gasteiger partial charge in [0.05, 0.1) is 6.54 Å². The van der Waals surface area contributed by atoms with Crippen molar-refractivity contribution in [3.8, 4) is 0 Å². The maximum atomic E-state index is 5.73. The Morgan fingerprint density at radius 1 is 1.37 bits per heavy atom. The van der Waals surface area contributed by atoms with Crippen LogP contribution < -0.4 is 5.73 Å². The summed E-state index contributed by atoms with van der Waals surface area (Å²) in [4.78, 5) is 2.85. The molecule has 1 saturated carbocycles. The zero-order chi connectivity index (χ0) is 13.2. The second-order valence-electron chi connectivity index (χ2n) is 4.71. The number of aromatic nitrogens is 3. The van der Waals surface area contributed by atoms with Crippen molar-refractivity contribution in [2.75, 3.05) is 0 Å². The van der Waals surface area contributed by atoms with E-state index in [0.29, 0.717) is 12.6 Å². The molecule has 0 unspecified atom stereocenters. The third-order valence-electron chi connectivity index (χ3n) is 3.24. The van der Waals surface area contributed by atoms with Gasteiger partial charge < -0.3 is 10.3 Å². The molecule has 3 rings (SSSR count). The van der Waals surface area contributed by atoms with Crippen LogP contribution in [0, 0.1) is 0 Å². The van der Waals surface area contributed by atoms with Crippen molar-refractivity contribution in [2.24, 2.45) is 5.73 Å². The predicted octanol–water partition coefficient (Wildman–Crippen LogP) is 2.99. The summed E-state index contributed by atoms with van der Waals surface area (Å²) >= 11 is 3.66. The molecule has 6 heteroatoms. The smallest absolute Gasteiger partial charge is 0.191 e. The van der Waals surface area contributed by atoms with E-state index in [-0.39, 0.29) is 0 Å². The van der Waals surface area contributed by atoms with Gasteiger partial charge in [0.15, 0.2) is 5.16 Å². The van der Waals surface area contributed by atoms with Crippen LogP contribution in [0.3, 0.4) is 0 Å². The Bertz CT molecular complexity index is 557. The fraction of sp³-hybridized carbons (Fsp3) is 0.538. The van der Waals surface area contributed by atoms with Crippen molar-refractivity contribution < 1.29 is 0 Å². The quantitative estimate of drug-likeness (QED) is 0.832. The van der Waals surface area contributed by atoms with Crippen LogP contribution in [0.4, 0.5) is 0 Å². The summed E-state index contributed by atoms with van der Waals surface area (Å²) < 4.78 is 2.24. The van der Waals surface area contributed by atoms with Crippen molar-refractivity contribution in [2.45, 2.75) is 49.7 Å². The Morgan fingerprint density at radius 3 is 2.79 bits per heavy atom. The van der Waals surface area contributed by atoms with Crippen molar-refractivity contribution in [3.05, 3.63) is 27.7 Å². The van der Waals surface area contributed by atoms with E-state index in [9.17, 15) is 0 Å². The molecule has 2 N–H and O–H groups in total. The molecule has 0 bridgehead atoms. The highest BCUT2D eigenvalue weighted by Gasteiger charge is 2.29. The van der Waals surface area contributed by atoms with Gasteiger partial charge >= 0.3 is 0 Å². The van der Waals surface area contributed by atoms with Crippen LogP contribution in [0.15, 0.2) is 17.3 Å². The predicted molar refractivity (Wildman–Crippen MR) is 79.4 cm³/mol. The fourth-order valence-electron chi connectivity index (χ4n) is 2.07. The lowest BCUT2D eigenvalue weighted by atomic mass is 10.4. The molecule has 1 fully saturated rings. The third kappa shape index (κ3) is 2.85. The van der Waals surface area contributed by atoms with Crippen LogP contribution in [0.25, 0.3) is 0 Å². The Kier molecular flexibility index (Phi) is 3.91. The number of nitrogens with zero attached hydrogens (tertiary/aromatic N) is 3. The van der Waals surface area contributed by atoms with Gasteiger partial charge in [-0.2, -0.15) is 0 Å². The molecule has 2 aromatic rings. The highest BCUT2D eigenvalue weighted by molar-refractivity contribution is 7.98. The summed E-state index contributed by atoms with van der Waals surface area (Å²) in [5.41, 5.74) is 5.73. The van der Waals surface area contributed by atoms with Gasteiger partial charge in [-0.15, -0.1) is 21.5 Å². The van der Waals surface area contributed by atoms with E-state index in [1.54, 1.807) is 11.8 Å². The molecule has 102 valence electrons. The molecule has 0 spiro atoms. The number of nitrogens with two attached hydrogens (primary N) is 1. The molecule has 1 aliphatic carbocycles. The van der Waals surface area contributed by atoms with Crippen molar-refractivity contribution >= 4 is 23.1 Å². The molecule has 0 aromatic carbocycles. The lowest BCUT2D eigenvalue weighted by Crippen LogP contribution is -2.07. The summed E-state index contributed by atoms with van der Waals surface area (Å²) in [5, 5.41) is 9.51. The number of hydrogen-bond donors (Lipinski definition) is 1. The summed E-state index contributed by atoms with van der Waals surface area (Å²) in [5.74, 6) is 1.89. The minimum atomic E-state index is 0.475. The van der Waals surface area contributed by atoms with Gasteiger partial charge in [0, 0.05) is 21.5 Å². The Morgan fingerprint density at radius 2 is 2.16 bits per heavy atom. The van der Waals surface area contributed by atoms with Gasteiger partial charge in [-0.1, -0.05) is 18.7 Å². The highest BCUT2D eigenvalue weighted by Crippen LogP contribution is 2.39. The van der Waals surface area contributed by atoms with Crippen LogP contribution in [0.2, 0.25) is 0 Å². The number of thioether (sulfide) groups is 1. The van der Waals surface area contributed by atoms with Gasteiger partial charge in [0.1, 0.15) is 5.82 Å². The minimum absolute atomic E-state index is 0.475. The van der Waals surface area contributed by atoms with Crippen LogP contribution in [-0.4, -0.2) is 14.8 Å². The van der Waals surface area contributed by atoms with Crippen molar-refractivity contribution in [1.82, 2.24) is 14.8 Å². The second kappa shape index (κ2) is 5.64. The third-order valence-corrected chi connectivity index (χ3v) is 5.64.